The zero-order valence-electron chi connectivity index (χ0n) is 74.9. The maximum atomic E-state index is 16.8. The summed E-state index contributed by atoms with van der Waals surface area (Å²) in [6, 6.07) is 41.0. The third-order valence-electron chi connectivity index (χ3n) is 26.5. The summed E-state index contributed by atoms with van der Waals surface area (Å²) in [5.41, 5.74) is 7.30. The van der Waals surface area contributed by atoms with Crippen molar-refractivity contribution in [3.8, 4) is 86.9 Å². The Balaban J connectivity index is 0.000000146. The maximum absolute atomic E-state index is 16.8. The van der Waals surface area contributed by atoms with Crippen LogP contribution in [0.3, 0.4) is 0 Å². The van der Waals surface area contributed by atoms with E-state index in [0.29, 0.717) is 134 Å². The molecule has 0 spiro atoms. The summed E-state index contributed by atoms with van der Waals surface area (Å²) in [6.07, 6.45) is 2.78. The largest absolute Gasteiger partial charge is 0.508 e. The lowest BCUT2D eigenvalue weighted by atomic mass is 9.96. The van der Waals surface area contributed by atoms with Crippen molar-refractivity contribution in [1.82, 2.24) is 59.3 Å². The van der Waals surface area contributed by atoms with Gasteiger partial charge in [-0.3, -0.25) is 9.59 Å². The summed E-state index contributed by atoms with van der Waals surface area (Å²) in [4.78, 5) is 82.4. The highest BCUT2D eigenvalue weighted by atomic mass is 35.5. The van der Waals surface area contributed by atoms with Crippen molar-refractivity contribution in [3.63, 3.8) is 0 Å². The predicted molar refractivity (Wildman–Crippen MR) is 513 cm³/mol. The van der Waals surface area contributed by atoms with Gasteiger partial charge in [0.25, 0.3) is 0 Å². The van der Waals surface area contributed by atoms with Gasteiger partial charge in [0.05, 0.1) is 90.5 Å². The number of urea groups is 1. The standard InChI is InChI=1S/2C34H34ClFN6O3.C32H33ClFN7O3/c2*1-4-29(44)42-12-11-41(18-23(42)9-10-37)33-27-15-28(35)30(26-14-24(43)13-21-7-5-6-8-25(21)26)31(36)32(27)38-34(39-33)45-19-22-17-40(3)16-20(22)2;1-18-14-39(2)15-20(18)17-44-32-37-29-25(30(38-32)40-9-10-41(31(36)43)21(16-40)7-8-35)13-26(33)27(28(29)34)24-12-22(42)11-19-5-3-4-6-23(19)24/h2*4-8,13-15,20,22-23,43H,1,9,11-12,16-19H2,2-3H3;3-6,11-13,18,20-21,42H,7,9-10,14-17H2,1-2H3,(H2,36,43)/t20?,22?,23-;;/m0../s1. The molecule has 0 saturated carbocycles. The molecular formula is C100H101Cl3F3N19O9. The smallest absolute Gasteiger partial charge is 0.319 e. The Morgan fingerprint density at radius 1 is 0.425 bits per heavy atom. The third-order valence-corrected chi connectivity index (χ3v) is 27.4. The van der Waals surface area contributed by atoms with E-state index in [-0.39, 0.29) is 146 Å². The number of nitrogens with zero attached hydrogens (tertiary/aromatic N) is 18. The van der Waals surface area contributed by atoms with Gasteiger partial charge in [-0.15, -0.1) is 0 Å². The van der Waals surface area contributed by atoms with Crippen LogP contribution in [0, 0.1) is 87.0 Å². The van der Waals surface area contributed by atoms with Crippen LogP contribution in [-0.2, 0) is 9.59 Å². The number of rotatable bonds is 20. The zero-order valence-corrected chi connectivity index (χ0v) is 77.2. The number of nitriles is 3. The normalized spacial score (nSPS) is 20.6. The molecule has 6 fully saturated rings. The van der Waals surface area contributed by atoms with Crippen molar-refractivity contribution in [2.24, 2.45) is 41.2 Å². The van der Waals surface area contributed by atoms with Crippen molar-refractivity contribution in [2.45, 2.75) is 58.2 Å². The summed E-state index contributed by atoms with van der Waals surface area (Å²) in [5.74, 6) is 0.679. The number of benzene rings is 9. The number of carbonyl (C=O) groups is 3. The SMILES string of the molecule is C=CC(=O)N1CCN(c2nc(OCC3CN(C)CC3C)nc3c(F)c(-c4cc(O)cc5ccccc45)c(Cl)cc23)CC1CC#N.C=CC(=O)N1CCN(c2nc(OCC3CN(C)CC3C)nc3c(F)c(-c4cc(O)cc5ccccc45)c(Cl)cc23)C[C@@H]1CC#N.CC1CN(C)CC1COc1nc(N2CCN(C(N)=O)C(CC#N)C2)c2cc(Cl)c(-c3cc(O)cc4ccccc34)c(F)c2n1. The Morgan fingerprint density at radius 3 is 0.978 bits per heavy atom. The van der Waals surface area contributed by atoms with E-state index in [9.17, 15) is 45.5 Å². The van der Waals surface area contributed by atoms with Crippen LogP contribution < -0.4 is 34.6 Å². The average molecular weight is 1880 g/mol. The van der Waals surface area contributed by atoms with Crippen LogP contribution >= 0.6 is 34.8 Å². The van der Waals surface area contributed by atoms with Gasteiger partial charge >= 0.3 is 24.1 Å². The molecule has 9 aromatic carbocycles. The number of likely N-dealkylation sites (tertiary alicyclic amines) is 3. The monoisotopic (exact) mass is 1870 g/mol. The number of nitrogens with two attached hydrogens (primary N) is 1. The lowest BCUT2D eigenvalue weighted by Crippen LogP contribution is -2.56. The molecule has 12 aromatic rings. The van der Waals surface area contributed by atoms with Gasteiger partial charge in [-0.25, -0.2) is 18.0 Å². The number of fused-ring (bicyclic) bond motifs is 6. The molecule has 6 saturated heterocycles. The molecule has 4 amide bonds. The number of halogens is 6. The van der Waals surface area contributed by atoms with Crippen molar-refractivity contribution in [2.75, 3.05) is 154 Å². The van der Waals surface area contributed by atoms with Gasteiger partial charge in [-0.05, 0) is 155 Å². The van der Waals surface area contributed by atoms with E-state index in [2.05, 4.69) is 103 Å². The topological polar surface area (TPSA) is 343 Å². The molecule has 692 valence electrons. The summed E-state index contributed by atoms with van der Waals surface area (Å²) < 4.78 is 68.9. The van der Waals surface area contributed by atoms with Gasteiger partial charge in [-0.1, -0.05) is 142 Å². The van der Waals surface area contributed by atoms with Gasteiger partial charge < -0.3 is 79.4 Å². The number of hydrogen-bond acceptors (Lipinski definition) is 24. The van der Waals surface area contributed by atoms with Crippen LogP contribution in [0.15, 0.2) is 153 Å². The van der Waals surface area contributed by atoms with Gasteiger partial charge in [-0.2, -0.15) is 45.7 Å². The van der Waals surface area contributed by atoms with Crippen LogP contribution in [0.2, 0.25) is 15.1 Å². The van der Waals surface area contributed by atoms with Crippen LogP contribution in [0.25, 0.3) is 98.4 Å². The lowest BCUT2D eigenvalue weighted by Gasteiger charge is -2.41. The molecule has 0 radical (unpaired) electrons. The molecule has 8 unspecified atom stereocenters. The number of aromatic nitrogens is 6. The summed E-state index contributed by atoms with van der Waals surface area (Å²) >= 11 is 20.5. The molecule has 0 aliphatic carbocycles. The first-order chi connectivity index (χ1) is 64.5. The fraction of sp³-hybridized carbons (Fsp3) is 0.360. The molecule has 9 atom stereocenters. The summed E-state index contributed by atoms with van der Waals surface area (Å²) in [5, 5.41) is 65.9. The molecule has 34 heteroatoms. The number of hydrogen-bond donors (Lipinski definition) is 4. The number of primary amides is 1. The Bertz CT molecular complexity index is 6480. The second-order valence-corrected chi connectivity index (χ2v) is 36.9. The van der Waals surface area contributed by atoms with Crippen molar-refractivity contribution in [1.29, 1.82) is 15.8 Å². The fourth-order valence-corrected chi connectivity index (χ4v) is 20.7. The molecule has 0 bridgehead atoms. The maximum Gasteiger partial charge on any atom is 0.319 e. The van der Waals surface area contributed by atoms with E-state index in [1.54, 1.807) is 46.2 Å². The van der Waals surface area contributed by atoms with Crippen LogP contribution in [0.5, 0.6) is 35.3 Å². The average Bonchev–Trinajstić information content (AvgIpc) is 0.820. The molecular weight excluding hydrogens is 1770 g/mol. The van der Waals surface area contributed by atoms with Crippen LogP contribution in [-0.4, -0.2) is 250 Å². The number of amides is 4. The molecule has 9 heterocycles. The molecule has 6 aliphatic rings. The Hall–Kier alpha value is -13.3. The van der Waals surface area contributed by atoms with E-state index < -0.39 is 41.6 Å². The van der Waals surface area contributed by atoms with Gasteiger partial charge in [0, 0.05) is 149 Å². The van der Waals surface area contributed by atoms with Crippen molar-refractivity contribution < 1.29 is 57.1 Å². The second kappa shape index (κ2) is 40.2. The minimum atomic E-state index is -0.671. The number of piperazine rings is 3. The Morgan fingerprint density at radius 2 is 0.709 bits per heavy atom. The predicted octanol–water partition coefficient (Wildman–Crippen LogP) is 16.3. The number of phenolic OH excluding ortho intramolecular Hbond substituents is 3. The number of aromatic hydroxyl groups is 3. The fourth-order valence-electron chi connectivity index (χ4n) is 19.8. The van der Waals surface area contributed by atoms with E-state index in [1.165, 1.54) is 35.3 Å². The Kier molecular flexibility index (Phi) is 28.2. The molecule has 6 aliphatic heterocycles. The van der Waals surface area contributed by atoms with E-state index in [1.807, 2.05) is 87.5 Å². The molecule has 18 rings (SSSR count). The summed E-state index contributed by atoms with van der Waals surface area (Å²) in [7, 11) is 6.21. The molecule has 28 nitrogen and oxygen atoms in total. The highest BCUT2D eigenvalue weighted by Gasteiger charge is 2.39. The minimum Gasteiger partial charge on any atom is -0.508 e. The summed E-state index contributed by atoms with van der Waals surface area (Å²) in [6.45, 7) is 23.2. The van der Waals surface area contributed by atoms with Gasteiger partial charge in [0.15, 0.2) is 17.5 Å². The minimum absolute atomic E-state index is 0.0159. The van der Waals surface area contributed by atoms with Crippen molar-refractivity contribution >= 4 is 135 Å². The van der Waals surface area contributed by atoms with E-state index in [0.717, 1.165) is 71.6 Å². The van der Waals surface area contributed by atoms with Crippen molar-refractivity contribution in [3.05, 3.63) is 185 Å². The van der Waals surface area contributed by atoms with Crippen LogP contribution in [0.4, 0.5) is 35.4 Å². The molecule has 5 N–H and O–H groups in total. The highest BCUT2D eigenvalue weighted by molar-refractivity contribution is 6.36. The zero-order chi connectivity index (χ0) is 94.8. The number of phenols is 3. The lowest BCUT2D eigenvalue weighted by molar-refractivity contribution is -0.129. The van der Waals surface area contributed by atoms with Gasteiger partial charge in [0.2, 0.25) is 11.8 Å². The quantitative estimate of drug-likeness (QED) is 0.0515. The van der Waals surface area contributed by atoms with E-state index >= 15 is 13.2 Å². The number of ether oxygens (including phenoxy) is 3. The van der Waals surface area contributed by atoms with E-state index in [4.69, 9.17) is 69.7 Å². The molecule has 3 aromatic heterocycles. The first kappa shape index (κ1) is 93.9. The number of anilines is 3. The first-order valence-electron chi connectivity index (χ1n) is 44.5. The third kappa shape index (κ3) is 19.5. The number of carbonyl (C=O) groups excluding carboxylic acids is 3. The van der Waals surface area contributed by atoms with Gasteiger partial charge in [0.1, 0.15) is 51.3 Å². The second-order valence-electron chi connectivity index (χ2n) is 35.7. The first-order valence-corrected chi connectivity index (χ1v) is 45.6. The highest BCUT2D eigenvalue weighted by Crippen LogP contribution is 2.48. The molecule has 134 heavy (non-hydrogen) atoms. The van der Waals surface area contributed by atoms with Crippen LogP contribution in [0.1, 0.15) is 40.0 Å². The Labute approximate surface area is 787 Å².